The van der Waals surface area contributed by atoms with Crippen LogP contribution in [0.5, 0.6) is 0 Å². The number of thioether (sulfide) groups is 1. The van der Waals surface area contributed by atoms with Crippen LogP contribution in [0.3, 0.4) is 0 Å². The van der Waals surface area contributed by atoms with Crippen LogP contribution >= 0.6 is 11.8 Å². The summed E-state index contributed by atoms with van der Waals surface area (Å²) in [7, 11) is 0. The Bertz CT molecular complexity index is 723. The van der Waals surface area contributed by atoms with Gasteiger partial charge in [-0.25, -0.2) is 0 Å². The molecule has 0 N–H and O–H groups in total. The normalized spacial score (nSPS) is 20.7. The van der Waals surface area contributed by atoms with Crippen molar-refractivity contribution in [1.82, 2.24) is 19.7 Å². The molecule has 6 nitrogen and oxygen atoms in total. The molecule has 0 saturated carbocycles. The minimum absolute atomic E-state index is 0.0813. The van der Waals surface area contributed by atoms with E-state index >= 15 is 0 Å². The van der Waals surface area contributed by atoms with Gasteiger partial charge < -0.3 is 9.64 Å². The monoisotopic (exact) mass is 360 g/mol. The zero-order valence-corrected chi connectivity index (χ0v) is 15.7. The standard InChI is InChI=1S/C18H24N4O2S/c1-4-15-7-5-6-8-16(15)22-12-19-20-18(22)25-11-17(23)21-9-13(2)24-14(3)10-21/h5-8,12-14H,4,9-11H2,1-3H3. The van der Waals surface area contributed by atoms with Crippen molar-refractivity contribution < 1.29 is 9.53 Å². The molecule has 1 fully saturated rings. The van der Waals surface area contributed by atoms with Crippen LogP contribution in [0.2, 0.25) is 0 Å². The molecule has 134 valence electrons. The average molecular weight is 360 g/mol. The number of morpholine rings is 1. The fourth-order valence-corrected chi connectivity index (χ4v) is 3.96. The third-order valence-electron chi connectivity index (χ3n) is 4.25. The van der Waals surface area contributed by atoms with Crippen LogP contribution in [0.25, 0.3) is 5.69 Å². The molecule has 1 saturated heterocycles. The van der Waals surface area contributed by atoms with Gasteiger partial charge in [0.15, 0.2) is 5.16 Å². The number of para-hydroxylation sites is 1. The van der Waals surface area contributed by atoms with Crippen LogP contribution in [0.4, 0.5) is 0 Å². The Morgan fingerprint density at radius 3 is 2.72 bits per heavy atom. The maximum absolute atomic E-state index is 12.5. The Kier molecular flexibility index (Phi) is 5.75. The van der Waals surface area contributed by atoms with E-state index < -0.39 is 0 Å². The van der Waals surface area contributed by atoms with Gasteiger partial charge >= 0.3 is 0 Å². The number of amides is 1. The van der Waals surface area contributed by atoms with Gasteiger partial charge in [0.05, 0.1) is 23.6 Å². The van der Waals surface area contributed by atoms with Crippen molar-refractivity contribution in [3.8, 4) is 5.69 Å². The molecular weight excluding hydrogens is 336 g/mol. The highest BCUT2D eigenvalue weighted by Crippen LogP contribution is 2.23. The molecule has 1 aliphatic rings. The topological polar surface area (TPSA) is 60.2 Å². The van der Waals surface area contributed by atoms with E-state index in [1.807, 2.05) is 35.4 Å². The lowest BCUT2D eigenvalue weighted by Gasteiger charge is -2.35. The number of carbonyl (C=O) groups is 1. The van der Waals surface area contributed by atoms with Crippen molar-refractivity contribution in [2.24, 2.45) is 0 Å². The molecule has 0 radical (unpaired) electrons. The molecule has 3 rings (SSSR count). The molecule has 2 heterocycles. The minimum Gasteiger partial charge on any atom is -0.372 e. The molecule has 1 aromatic carbocycles. The summed E-state index contributed by atoms with van der Waals surface area (Å²) in [6, 6.07) is 8.19. The third kappa shape index (κ3) is 4.22. The van der Waals surface area contributed by atoms with E-state index in [2.05, 4.69) is 29.3 Å². The SMILES string of the molecule is CCc1ccccc1-n1cnnc1SCC(=O)N1CC(C)OC(C)C1. The lowest BCUT2D eigenvalue weighted by atomic mass is 10.1. The molecule has 2 aromatic rings. The van der Waals surface area contributed by atoms with E-state index in [0.717, 1.165) is 17.3 Å². The largest absolute Gasteiger partial charge is 0.372 e. The van der Waals surface area contributed by atoms with Crippen LogP contribution in [-0.2, 0) is 16.0 Å². The van der Waals surface area contributed by atoms with Gasteiger partial charge in [0.25, 0.3) is 0 Å². The summed E-state index contributed by atoms with van der Waals surface area (Å²) in [5, 5.41) is 8.97. The van der Waals surface area contributed by atoms with Crippen molar-refractivity contribution in [3.63, 3.8) is 0 Å². The maximum atomic E-state index is 12.5. The highest BCUT2D eigenvalue weighted by molar-refractivity contribution is 7.99. The fraction of sp³-hybridized carbons (Fsp3) is 0.500. The lowest BCUT2D eigenvalue weighted by molar-refractivity contribution is -0.140. The first kappa shape index (κ1) is 17.9. The molecule has 2 atom stereocenters. The smallest absolute Gasteiger partial charge is 0.233 e. The second-order valence-corrected chi connectivity index (χ2v) is 7.25. The number of aromatic nitrogens is 3. The van der Waals surface area contributed by atoms with Gasteiger partial charge in [-0.1, -0.05) is 36.9 Å². The van der Waals surface area contributed by atoms with Crippen LogP contribution in [-0.4, -0.2) is 56.6 Å². The number of hydrogen-bond acceptors (Lipinski definition) is 5. The molecule has 25 heavy (non-hydrogen) atoms. The Balaban J connectivity index is 1.69. The van der Waals surface area contributed by atoms with Crippen LogP contribution < -0.4 is 0 Å². The first-order valence-corrected chi connectivity index (χ1v) is 9.61. The van der Waals surface area contributed by atoms with Crippen molar-refractivity contribution in [2.45, 2.75) is 44.6 Å². The molecule has 0 aliphatic carbocycles. The number of nitrogens with zero attached hydrogens (tertiary/aromatic N) is 4. The maximum Gasteiger partial charge on any atom is 0.233 e. The zero-order valence-electron chi connectivity index (χ0n) is 14.9. The third-order valence-corrected chi connectivity index (χ3v) is 5.17. The number of carbonyl (C=O) groups excluding carboxylic acids is 1. The number of ether oxygens (including phenoxy) is 1. The molecule has 1 aliphatic heterocycles. The van der Waals surface area contributed by atoms with Crippen LogP contribution in [0.15, 0.2) is 35.7 Å². The highest BCUT2D eigenvalue weighted by atomic mass is 32.2. The summed E-state index contributed by atoms with van der Waals surface area (Å²) in [6.07, 6.45) is 2.80. The van der Waals surface area contributed by atoms with Gasteiger partial charge in [-0.2, -0.15) is 0 Å². The second-order valence-electron chi connectivity index (χ2n) is 6.31. The molecule has 7 heteroatoms. The van der Waals surface area contributed by atoms with Gasteiger partial charge in [0.2, 0.25) is 5.91 Å². The average Bonchev–Trinajstić information content (AvgIpc) is 3.07. The van der Waals surface area contributed by atoms with Gasteiger partial charge in [0, 0.05) is 13.1 Å². The Labute approximate surface area is 152 Å². The van der Waals surface area contributed by atoms with E-state index in [1.165, 1.54) is 17.3 Å². The molecular formula is C18H24N4O2S. The van der Waals surface area contributed by atoms with E-state index in [-0.39, 0.29) is 18.1 Å². The lowest BCUT2D eigenvalue weighted by Crippen LogP contribution is -2.48. The minimum atomic E-state index is 0.0813. The predicted molar refractivity (Wildman–Crippen MR) is 98.1 cm³/mol. The number of hydrogen-bond donors (Lipinski definition) is 0. The van der Waals surface area contributed by atoms with Crippen LogP contribution in [0, 0.1) is 0 Å². The van der Waals surface area contributed by atoms with Crippen molar-refractivity contribution >= 4 is 17.7 Å². The summed E-state index contributed by atoms with van der Waals surface area (Å²) in [6.45, 7) is 7.42. The number of rotatable bonds is 5. The Morgan fingerprint density at radius 1 is 1.28 bits per heavy atom. The highest BCUT2D eigenvalue weighted by Gasteiger charge is 2.26. The van der Waals surface area contributed by atoms with Crippen LogP contribution in [0.1, 0.15) is 26.3 Å². The van der Waals surface area contributed by atoms with E-state index in [9.17, 15) is 4.79 Å². The summed E-state index contributed by atoms with van der Waals surface area (Å²) in [4.78, 5) is 14.4. The molecule has 0 spiro atoms. The fourth-order valence-electron chi connectivity index (χ4n) is 3.13. The van der Waals surface area contributed by atoms with E-state index in [4.69, 9.17) is 4.74 Å². The van der Waals surface area contributed by atoms with Gasteiger partial charge in [-0.3, -0.25) is 9.36 Å². The summed E-state index contributed by atoms with van der Waals surface area (Å²) in [5.41, 5.74) is 2.30. The quantitative estimate of drug-likeness (QED) is 0.767. The molecule has 0 bridgehead atoms. The van der Waals surface area contributed by atoms with E-state index in [1.54, 1.807) is 6.33 Å². The summed E-state index contributed by atoms with van der Waals surface area (Å²) in [5.74, 6) is 0.470. The van der Waals surface area contributed by atoms with Crippen molar-refractivity contribution in [1.29, 1.82) is 0 Å². The molecule has 1 aromatic heterocycles. The first-order chi connectivity index (χ1) is 12.1. The Morgan fingerprint density at radius 2 is 2.00 bits per heavy atom. The van der Waals surface area contributed by atoms with Gasteiger partial charge in [-0.05, 0) is 31.9 Å². The first-order valence-electron chi connectivity index (χ1n) is 8.62. The zero-order chi connectivity index (χ0) is 17.8. The summed E-state index contributed by atoms with van der Waals surface area (Å²) >= 11 is 1.43. The number of aryl methyl sites for hydroxylation is 1. The summed E-state index contributed by atoms with van der Waals surface area (Å²) < 4.78 is 7.65. The van der Waals surface area contributed by atoms with Crippen molar-refractivity contribution in [2.75, 3.05) is 18.8 Å². The number of benzene rings is 1. The second kappa shape index (κ2) is 8.01. The van der Waals surface area contributed by atoms with E-state index in [0.29, 0.717) is 18.8 Å². The molecule has 1 amide bonds. The van der Waals surface area contributed by atoms with Crippen molar-refractivity contribution in [3.05, 3.63) is 36.2 Å². The Hall–Kier alpha value is -1.86. The predicted octanol–water partition coefficient (Wildman–Crippen LogP) is 2.56. The van der Waals surface area contributed by atoms with Gasteiger partial charge in [-0.15, -0.1) is 10.2 Å². The molecule has 2 unspecified atom stereocenters. The van der Waals surface area contributed by atoms with Gasteiger partial charge in [0.1, 0.15) is 6.33 Å².